The van der Waals surface area contributed by atoms with Crippen molar-refractivity contribution >= 4 is 5.91 Å². The SMILES string of the molecule is COc1ccc(C(=O)N2CCCC2c2ccncn2)cc1F. The molecule has 0 saturated carbocycles. The van der Waals surface area contributed by atoms with Crippen LogP contribution in [0.2, 0.25) is 0 Å². The molecule has 0 radical (unpaired) electrons. The average molecular weight is 301 g/mol. The van der Waals surface area contributed by atoms with Crippen molar-refractivity contribution in [3.05, 3.63) is 53.9 Å². The number of ether oxygens (including phenoxy) is 1. The second-order valence-corrected chi connectivity index (χ2v) is 5.14. The maximum atomic E-state index is 13.8. The summed E-state index contributed by atoms with van der Waals surface area (Å²) in [7, 11) is 1.39. The third-order valence-electron chi connectivity index (χ3n) is 3.86. The lowest BCUT2D eigenvalue weighted by Gasteiger charge is -2.24. The molecule has 1 aromatic carbocycles. The van der Waals surface area contributed by atoms with Gasteiger partial charge in [-0.3, -0.25) is 4.79 Å². The third-order valence-corrected chi connectivity index (χ3v) is 3.86. The number of benzene rings is 1. The minimum Gasteiger partial charge on any atom is -0.494 e. The summed E-state index contributed by atoms with van der Waals surface area (Å²) in [5.74, 6) is -0.598. The molecule has 6 heteroatoms. The summed E-state index contributed by atoms with van der Waals surface area (Å²) in [6.45, 7) is 0.640. The van der Waals surface area contributed by atoms with Gasteiger partial charge in [-0.05, 0) is 37.1 Å². The summed E-state index contributed by atoms with van der Waals surface area (Å²) in [4.78, 5) is 22.5. The number of halogens is 1. The summed E-state index contributed by atoms with van der Waals surface area (Å²) < 4.78 is 18.7. The van der Waals surface area contributed by atoms with Crippen molar-refractivity contribution in [1.82, 2.24) is 14.9 Å². The van der Waals surface area contributed by atoms with Gasteiger partial charge in [0.2, 0.25) is 0 Å². The molecule has 1 atom stereocenters. The van der Waals surface area contributed by atoms with Crippen molar-refractivity contribution in [2.75, 3.05) is 13.7 Å². The Labute approximate surface area is 127 Å². The zero-order valence-electron chi connectivity index (χ0n) is 12.2. The molecule has 1 aliphatic heterocycles. The van der Waals surface area contributed by atoms with E-state index in [-0.39, 0.29) is 17.7 Å². The molecule has 2 aromatic rings. The highest BCUT2D eigenvalue weighted by molar-refractivity contribution is 5.94. The molecule has 0 aliphatic carbocycles. The van der Waals surface area contributed by atoms with Crippen LogP contribution in [-0.2, 0) is 0 Å². The monoisotopic (exact) mass is 301 g/mol. The van der Waals surface area contributed by atoms with E-state index in [1.54, 1.807) is 17.2 Å². The van der Waals surface area contributed by atoms with Gasteiger partial charge in [0.1, 0.15) is 6.33 Å². The van der Waals surface area contributed by atoms with Crippen molar-refractivity contribution in [2.24, 2.45) is 0 Å². The summed E-state index contributed by atoms with van der Waals surface area (Å²) in [5.41, 5.74) is 1.13. The Balaban J connectivity index is 1.86. The lowest BCUT2D eigenvalue weighted by molar-refractivity contribution is 0.0732. The van der Waals surface area contributed by atoms with Crippen LogP contribution in [0.5, 0.6) is 5.75 Å². The van der Waals surface area contributed by atoms with E-state index >= 15 is 0 Å². The topological polar surface area (TPSA) is 55.3 Å². The van der Waals surface area contributed by atoms with E-state index in [4.69, 9.17) is 4.74 Å². The molecule has 1 unspecified atom stereocenters. The van der Waals surface area contributed by atoms with E-state index in [1.807, 2.05) is 6.07 Å². The average Bonchev–Trinajstić information content (AvgIpc) is 3.04. The van der Waals surface area contributed by atoms with Crippen LogP contribution in [0.25, 0.3) is 0 Å². The Kier molecular flexibility index (Phi) is 4.00. The first-order valence-corrected chi connectivity index (χ1v) is 7.11. The minimum absolute atomic E-state index is 0.0827. The van der Waals surface area contributed by atoms with Gasteiger partial charge in [-0.25, -0.2) is 14.4 Å². The number of carbonyl (C=O) groups excluding carboxylic acids is 1. The fraction of sp³-hybridized carbons (Fsp3) is 0.312. The molecule has 0 spiro atoms. The van der Waals surface area contributed by atoms with E-state index in [9.17, 15) is 9.18 Å². The second-order valence-electron chi connectivity index (χ2n) is 5.14. The molecule has 1 amide bonds. The van der Waals surface area contributed by atoms with Crippen molar-refractivity contribution in [2.45, 2.75) is 18.9 Å². The Morgan fingerprint density at radius 3 is 2.95 bits per heavy atom. The van der Waals surface area contributed by atoms with Gasteiger partial charge in [-0.2, -0.15) is 0 Å². The van der Waals surface area contributed by atoms with E-state index in [0.717, 1.165) is 18.5 Å². The van der Waals surface area contributed by atoms with Crippen molar-refractivity contribution in [3.63, 3.8) is 0 Å². The van der Waals surface area contributed by atoms with E-state index in [2.05, 4.69) is 9.97 Å². The number of amides is 1. The third kappa shape index (κ3) is 2.64. The fourth-order valence-electron chi connectivity index (χ4n) is 2.78. The fourth-order valence-corrected chi connectivity index (χ4v) is 2.78. The summed E-state index contributed by atoms with van der Waals surface area (Å²) in [6, 6.07) is 6.00. The Morgan fingerprint density at radius 2 is 2.27 bits per heavy atom. The van der Waals surface area contributed by atoms with Gasteiger partial charge in [0.25, 0.3) is 5.91 Å². The van der Waals surface area contributed by atoms with E-state index < -0.39 is 5.82 Å². The van der Waals surface area contributed by atoms with Crippen LogP contribution < -0.4 is 4.74 Å². The summed E-state index contributed by atoms with van der Waals surface area (Å²) >= 11 is 0. The smallest absolute Gasteiger partial charge is 0.254 e. The number of nitrogens with zero attached hydrogens (tertiary/aromatic N) is 3. The molecule has 3 rings (SSSR count). The molecule has 2 heterocycles. The molecule has 22 heavy (non-hydrogen) atoms. The van der Waals surface area contributed by atoms with Crippen LogP contribution in [-0.4, -0.2) is 34.4 Å². The van der Waals surface area contributed by atoms with Crippen LogP contribution in [0.15, 0.2) is 36.8 Å². The molecule has 1 aliphatic rings. The van der Waals surface area contributed by atoms with Crippen LogP contribution in [0.3, 0.4) is 0 Å². The van der Waals surface area contributed by atoms with Gasteiger partial charge in [-0.1, -0.05) is 0 Å². The molecule has 114 valence electrons. The number of hydrogen-bond acceptors (Lipinski definition) is 4. The van der Waals surface area contributed by atoms with E-state index in [1.165, 1.54) is 25.6 Å². The highest BCUT2D eigenvalue weighted by atomic mass is 19.1. The zero-order valence-corrected chi connectivity index (χ0v) is 12.2. The Hall–Kier alpha value is -2.50. The Bertz CT molecular complexity index is 678. The lowest BCUT2D eigenvalue weighted by atomic mass is 10.1. The largest absolute Gasteiger partial charge is 0.494 e. The predicted octanol–water partition coefficient (Wildman–Crippen LogP) is 2.60. The number of likely N-dealkylation sites (tertiary alicyclic amines) is 1. The highest BCUT2D eigenvalue weighted by Gasteiger charge is 2.31. The maximum Gasteiger partial charge on any atom is 0.254 e. The first kappa shape index (κ1) is 14.4. The highest BCUT2D eigenvalue weighted by Crippen LogP contribution is 2.32. The summed E-state index contributed by atoms with van der Waals surface area (Å²) in [5, 5.41) is 0. The molecular formula is C16H16FN3O2. The normalized spacial score (nSPS) is 17.5. The van der Waals surface area contributed by atoms with Crippen LogP contribution in [0.1, 0.15) is 34.9 Å². The standard InChI is InChI=1S/C16H16FN3O2/c1-22-15-5-4-11(9-12(15)17)16(21)20-8-2-3-14(20)13-6-7-18-10-19-13/h4-7,9-10,14H,2-3,8H2,1H3. The van der Waals surface area contributed by atoms with Crippen molar-refractivity contribution in [1.29, 1.82) is 0 Å². The molecule has 0 N–H and O–H groups in total. The number of rotatable bonds is 3. The first-order chi connectivity index (χ1) is 10.7. The number of methoxy groups -OCH3 is 1. The van der Waals surface area contributed by atoms with Crippen molar-refractivity contribution < 1.29 is 13.9 Å². The first-order valence-electron chi connectivity index (χ1n) is 7.11. The predicted molar refractivity (Wildman–Crippen MR) is 78.0 cm³/mol. The molecule has 5 nitrogen and oxygen atoms in total. The number of carbonyl (C=O) groups is 1. The molecular weight excluding hydrogens is 285 g/mol. The minimum atomic E-state index is -0.536. The van der Waals surface area contributed by atoms with Crippen LogP contribution >= 0.6 is 0 Å². The van der Waals surface area contributed by atoms with Gasteiger partial charge >= 0.3 is 0 Å². The lowest BCUT2D eigenvalue weighted by Crippen LogP contribution is -2.31. The molecule has 1 fully saturated rings. The Morgan fingerprint density at radius 1 is 1.41 bits per heavy atom. The van der Waals surface area contributed by atoms with Crippen molar-refractivity contribution in [3.8, 4) is 5.75 Å². The summed E-state index contributed by atoms with van der Waals surface area (Å²) in [6.07, 6.45) is 4.89. The van der Waals surface area contributed by atoms with Gasteiger partial charge in [0.05, 0.1) is 18.8 Å². The van der Waals surface area contributed by atoms with Gasteiger partial charge in [0.15, 0.2) is 11.6 Å². The number of hydrogen-bond donors (Lipinski definition) is 0. The van der Waals surface area contributed by atoms with Crippen LogP contribution in [0, 0.1) is 5.82 Å². The van der Waals surface area contributed by atoms with Crippen LogP contribution in [0.4, 0.5) is 4.39 Å². The quantitative estimate of drug-likeness (QED) is 0.874. The maximum absolute atomic E-state index is 13.8. The zero-order chi connectivity index (χ0) is 15.5. The molecule has 1 saturated heterocycles. The molecule has 1 aromatic heterocycles. The van der Waals surface area contributed by atoms with Gasteiger partial charge in [-0.15, -0.1) is 0 Å². The molecule has 0 bridgehead atoms. The number of aromatic nitrogens is 2. The van der Waals surface area contributed by atoms with E-state index in [0.29, 0.717) is 12.1 Å². The van der Waals surface area contributed by atoms with Gasteiger partial charge < -0.3 is 9.64 Å². The second kappa shape index (κ2) is 6.09. The van der Waals surface area contributed by atoms with Gasteiger partial charge in [0, 0.05) is 18.3 Å².